The molecule has 9 heteroatoms. The summed E-state index contributed by atoms with van der Waals surface area (Å²) in [6.45, 7) is 3.66. The molecule has 0 aromatic heterocycles. The lowest BCUT2D eigenvalue weighted by Gasteiger charge is -2.34. The predicted octanol–water partition coefficient (Wildman–Crippen LogP) is 0.313. The Kier molecular flexibility index (Phi) is 3.62. The molecule has 2 unspecified atom stereocenters. The molecular formula is C10H18F3N3O2S. The van der Waals surface area contributed by atoms with Crippen LogP contribution in [0, 0.1) is 11.8 Å². The molecule has 19 heavy (non-hydrogen) atoms. The minimum Gasteiger partial charge on any atom is -0.316 e. The second kappa shape index (κ2) is 4.57. The summed E-state index contributed by atoms with van der Waals surface area (Å²) in [4.78, 5) is 0. The van der Waals surface area contributed by atoms with E-state index in [-0.39, 0.29) is 18.4 Å². The first-order valence-corrected chi connectivity index (χ1v) is 7.53. The average Bonchev–Trinajstić information content (AvgIpc) is 2.78. The molecular weight excluding hydrogens is 283 g/mol. The van der Waals surface area contributed by atoms with E-state index in [9.17, 15) is 21.6 Å². The molecule has 5 nitrogen and oxygen atoms in total. The van der Waals surface area contributed by atoms with Gasteiger partial charge in [0.1, 0.15) is 6.54 Å². The van der Waals surface area contributed by atoms with Gasteiger partial charge in [0.15, 0.2) is 0 Å². The molecule has 0 bridgehead atoms. The van der Waals surface area contributed by atoms with Gasteiger partial charge in [-0.3, -0.25) is 0 Å². The van der Waals surface area contributed by atoms with Gasteiger partial charge >= 0.3 is 6.18 Å². The number of nitrogens with zero attached hydrogens (tertiary/aromatic N) is 1. The number of hydrogen-bond donors (Lipinski definition) is 2. The summed E-state index contributed by atoms with van der Waals surface area (Å²) in [7, 11) is -4.11. The third-order valence-electron chi connectivity index (χ3n) is 4.04. The van der Waals surface area contributed by atoms with Crippen LogP contribution in [0.1, 0.15) is 13.8 Å². The van der Waals surface area contributed by atoms with Crippen molar-refractivity contribution in [1.29, 1.82) is 0 Å². The molecule has 0 aromatic rings. The van der Waals surface area contributed by atoms with Crippen molar-refractivity contribution in [2.75, 3.05) is 26.2 Å². The molecule has 0 aromatic carbocycles. The second-order valence-electron chi connectivity index (χ2n) is 5.65. The minimum absolute atomic E-state index is 0.134. The van der Waals surface area contributed by atoms with Crippen LogP contribution in [0.3, 0.4) is 0 Å². The van der Waals surface area contributed by atoms with E-state index in [4.69, 9.17) is 0 Å². The van der Waals surface area contributed by atoms with Crippen LogP contribution in [-0.2, 0) is 10.2 Å². The highest BCUT2D eigenvalue weighted by molar-refractivity contribution is 7.87. The van der Waals surface area contributed by atoms with E-state index >= 15 is 0 Å². The van der Waals surface area contributed by atoms with Crippen LogP contribution in [0.15, 0.2) is 0 Å². The van der Waals surface area contributed by atoms with Crippen molar-refractivity contribution in [3.05, 3.63) is 0 Å². The molecule has 2 aliphatic heterocycles. The van der Waals surface area contributed by atoms with Crippen molar-refractivity contribution >= 4 is 10.2 Å². The maximum absolute atomic E-state index is 12.1. The van der Waals surface area contributed by atoms with Gasteiger partial charge in [0.25, 0.3) is 10.2 Å². The molecule has 2 heterocycles. The van der Waals surface area contributed by atoms with Crippen molar-refractivity contribution in [3.63, 3.8) is 0 Å². The van der Waals surface area contributed by atoms with Crippen molar-refractivity contribution in [1.82, 2.24) is 14.3 Å². The molecule has 0 spiro atoms. The Labute approximate surface area is 110 Å². The van der Waals surface area contributed by atoms with Crippen LogP contribution >= 0.6 is 0 Å². The summed E-state index contributed by atoms with van der Waals surface area (Å²) >= 11 is 0. The van der Waals surface area contributed by atoms with E-state index in [1.54, 1.807) is 18.6 Å². The SMILES string of the molecule is CC1(C)C2CNCC2CN1S(=O)(=O)NCC(F)(F)F. The molecule has 2 fully saturated rings. The molecule has 0 aliphatic carbocycles. The molecule has 112 valence electrons. The third-order valence-corrected chi connectivity index (χ3v) is 5.74. The summed E-state index contributed by atoms with van der Waals surface area (Å²) in [5, 5.41) is 3.19. The first-order valence-electron chi connectivity index (χ1n) is 6.09. The van der Waals surface area contributed by atoms with E-state index in [1.165, 1.54) is 4.31 Å². The maximum Gasteiger partial charge on any atom is 0.402 e. The predicted molar refractivity (Wildman–Crippen MR) is 63.6 cm³/mol. The van der Waals surface area contributed by atoms with E-state index in [2.05, 4.69) is 5.32 Å². The van der Waals surface area contributed by atoms with E-state index in [1.807, 2.05) is 0 Å². The first-order chi connectivity index (χ1) is 8.54. The normalized spacial score (nSPS) is 31.6. The average molecular weight is 301 g/mol. The van der Waals surface area contributed by atoms with Crippen LogP contribution in [0.2, 0.25) is 0 Å². The smallest absolute Gasteiger partial charge is 0.316 e. The fraction of sp³-hybridized carbons (Fsp3) is 1.00. The molecule has 2 atom stereocenters. The van der Waals surface area contributed by atoms with Gasteiger partial charge in [0.2, 0.25) is 0 Å². The van der Waals surface area contributed by atoms with Crippen LogP contribution in [-0.4, -0.2) is 50.6 Å². The number of alkyl halides is 3. The zero-order valence-corrected chi connectivity index (χ0v) is 11.6. The van der Waals surface area contributed by atoms with Gasteiger partial charge in [-0.2, -0.15) is 30.6 Å². The Balaban J connectivity index is 2.13. The fourth-order valence-corrected chi connectivity index (χ4v) is 4.69. The summed E-state index contributed by atoms with van der Waals surface area (Å²) in [5.41, 5.74) is -0.675. The van der Waals surface area contributed by atoms with E-state index in [0.717, 1.165) is 0 Å². The van der Waals surface area contributed by atoms with Crippen LogP contribution in [0.25, 0.3) is 0 Å². The second-order valence-corrected chi connectivity index (χ2v) is 7.33. The summed E-state index contributed by atoms with van der Waals surface area (Å²) < 4.78 is 63.3. The molecule has 2 N–H and O–H groups in total. The van der Waals surface area contributed by atoms with Crippen molar-refractivity contribution in [2.45, 2.75) is 25.6 Å². The highest BCUT2D eigenvalue weighted by Gasteiger charge is 2.54. The first kappa shape index (κ1) is 15.0. The van der Waals surface area contributed by atoms with Crippen LogP contribution in [0.5, 0.6) is 0 Å². The zero-order chi connectivity index (χ0) is 14.5. The number of nitrogens with one attached hydrogen (secondary N) is 2. The lowest BCUT2D eigenvalue weighted by atomic mass is 9.85. The van der Waals surface area contributed by atoms with Gasteiger partial charge in [0.05, 0.1) is 0 Å². The lowest BCUT2D eigenvalue weighted by molar-refractivity contribution is -0.121. The number of rotatable bonds is 3. The molecule has 2 saturated heterocycles. The Morgan fingerprint density at radius 2 is 2.00 bits per heavy atom. The topological polar surface area (TPSA) is 61.4 Å². The lowest BCUT2D eigenvalue weighted by Crippen LogP contribution is -2.53. The maximum atomic E-state index is 12.1. The van der Waals surface area contributed by atoms with Gasteiger partial charge < -0.3 is 5.32 Å². The quantitative estimate of drug-likeness (QED) is 0.789. The van der Waals surface area contributed by atoms with E-state index in [0.29, 0.717) is 13.1 Å². The highest BCUT2D eigenvalue weighted by atomic mass is 32.2. The van der Waals surface area contributed by atoms with Crippen LogP contribution < -0.4 is 10.0 Å². The number of hydrogen-bond acceptors (Lipinski definition) is 3. The summed E-state index contributed by atoms with van der Waals surface area (Å²) in [6.07, 6.45) is -4.55. The third kappa shape index (κ3) is 2.88. The van der Waals surface area contributed by atoms with Crippen molar-refractivity contribution < 1.29 is 21.6 Å². The molecule has 0 radical (unpaired) electrons. The van der Waals surface area contributed by atoms with E-state index < -0.39 is 28.5 Å². The molecule has 0 saturated carbocycles. The minimum atomic E-state index is -4.55. The Hall–Kier alpha value is -0.380. The largest absolute Gasteiger partial charge is 0.402 e. The Morgan fingerprint density at radius 3 is 2.53 bits per heavy atom. The Bertz CT molecular complexity index is 449. The van der Waals surface area contributed by atoms with Crippen molar-refractivity contribution in [2.24, 2.45) is 11.8 Å². The zero-order valence-electron chi connectivity index (χ0n) is 10.8. The number of halogens is 3. The standard InChI is InChI=1S/C10H18F3N3O2S/c1-9(2)8-4-14-3-7(8)5-16(9)19(17,18)15-6-10(11,12)13/h7-8,14-15H,3-6H2,1-2H3. The number of fused-ring (bicyclic) bond motifs is 1. The highest BCUT2D eigenvalue weighted by Crippen LogP contribution is 2.41. The Morgan fingerprint density at radius 1 is 1.37 bits per heavy atom. The van der Waals surface area contributed by atoms with Gasteiger partial charge in [0, 0.05) is 18.6 Å². The molecule has 2 rings (SSSR count). The fourth-order valence-electron chi connectivity index (χ4n) is 3.04. The molecule has 0 amide bonds. The molecule has 2 aliphatic rings. The summed E-state index contributed by atoms with van der Waals surface area (Å²) in [6, 6.07) is 0. The summed E-state index contributed by atoms with van der Waals surface area (Å²) in [5.74, 6) is 0.299. The van der Waals surface area contributed by atoms with Gasteiger partial charge in [-0.05, 0) is 32.2 Å². The van der Waals surface area contributed by atoms with Crippen molar-refractivity contribution in [3.8, 4) is 0 Å². The van der Waals surface area contributed by atoms with Gasteiger partial charge in [-0.25, -0.2) is 0 Å². The van der Waals surface area contributed by atoms with Crippen LogP contribution in [0.4, 0.5) is 13.2 Å². The van der Waals surface area contributed by atoms with Gasteiger partial charge in [-0.1, -0.05) is 0 Å². The monoisotopic (exact) mass is 301 g/mol. The van der Waals surface area contributed by atoms with Gasteiger partial charge in [-0.15, -0.1) is 0 Å².